The fourth-order valence-corrected chi connectivity index (χ4v) is 0.808. The second-order valence-electron chi connectivity index (χ2n) is 2.15. The third-order valence-corrected chi connectivity index (χ3v) is 1.39. The van der Waals surface area contributed by atoms with E-state index < -0.39 is 4.92 Å². The number of hydrazine groups is 1. The van der Waals surface area contributed by atoms with Crippen LogP contribution in [0.3, 0.4) is 0 Å². The van der Waals surface area contributed by atoms with E-state index in [2.05, 4.69) is 15.1 Å². The summed E-state index contributed by atoms with van der Waals surface area (Å²) in [5, 5.41) is 10.5. The van der Waals surface area contributed by atoms with Gasteiger partial charge in [-0.1, -0.05) is 0 Å². The average Bonchev–Trinajstić information content (AvgIpc) is 2.16. The number of nitrogens with two attached hydrogens (primary N) is 1. The Balaban J connectivity index is 3.18. The molecule has 0 unspecified atom stereocenters. The van der Waals surface area contributed by atoms with Crippen molar-refractivity contribution in [3.63, 3.8) is 0 Å². The summed E-state index contributed by atoms with van der Waals surface area (Å²) in [6, 6.07) is 1.24. The van der Waals surface area contributed by atoms with Gasteiger partial charge in [0.25, 0.3) is 5.88 Å². The minimum atomic E-state index is -0.591. The Kier molecular flexibility index (Phi) is 2.60. The summed E-state index contributed by atoms with van der Waals surface area (Å²) in [6.07, 6.45) is 1.34. The Labute approximate surface area is 73.6 Å². The van der Waals surface area contributed by atoms with E-state index in [1.165, 1.54) is 19.4 Å². The molecule has 0 aromatic carbocycles. The second-order valence-corrected chi connectivity index (χ2v) is 2.15. The zero-order valence-electron chi connectivity index (χ0n) is 6.85. The number of hydrogen-bond acceptors (Lipinski definition) is 6. The summed E-state index contributed by atoms with van der Waals surface area (Å²) in [5.74, 6) is 5.02. The second kappa shape index (κ2) is 3.68. The van der Waals surface area contributed by atoms with Crippen LogP contribution in [0, 0.1) is 10.1 Å². The normalized spacial score (nSPS) is 9.38. The average molecular weight is 184 g/mol. The number of rotatable bonds is 3. The van der Waals surface area contributed by atoms with E-state index in [-0.39, 0.29) is 11.6 Å². The van der Waals surface area contributed by atoms with Gasteiger partial charge in [0.1, 0.15) is 0 Å². The Bertz CT molecular complexity index is 328. The SMILES string of the molecule is COc1ncc(NN)cc1[N+](=O)[O-]. The number of nitro groups is 1. The Hall–Kier alpha value is -1.89. The molecule has 0 fully saturated rings. The number of ether oxygens (including phenoxy) is 1. The van der Waals surface area contributed by atoms with Gasteiger partial charge in [0.15, 0.2) is 0 Å². The number of anilines is 1. The molecule has 0 aliphatic carbocycles. The Morgan fingerprint density at radius 1 is 1.77 bits per heavy atom. The smallest absolute Gasteiger partial charge is 0.333 e. The molecule has 0 saturated carbocycles. The largest absolute Gasteiger partial charge is 0.476 e. The monoisotopic (exact) mass is 184 g/mol. The first-order valence-corrected chi connectivity index (χ1v) is 3.34. The maximum atomic E-state index is 10.5. The highest BCUT2D eigenvalue weighted by Gasteiger charge is 2.16. The van der Waals surface area contributed by atoms with Crippen molar-refractivity contribution < 1.29 is 9.66 Å². The lowest BCUT2D eigenvalue weighted by atomic mass is 10.4. The summed E-state index contributed by atoms with van der Waals surface area (Å²) in [4.78, 5) is 13.6. The summed E-state index contributed by atoms with van der Waals surface area (Å²) in [5.41, 5.74) is 2.38. The molecule has 7 heteroatoms. The molecule has 70 valence electrons. The van der Waals surface area contributed by atoms with E-state index in [1.54, 1.807) is 0 Å². The molecule has 0 saturated heterocycles. The minimum Gasteiger partial charge on any atom is -0.476 e. The third kappa shape index (κ3) is 1.82. The number of pyridine rings is 1. The molecule has 1 aromatic rings. The predicted molar refractivity (Wildman–Crippen MR) is 45.3 cm³/mol. The van der Waals surface area contributed by atoms with E-state index >= 15 is 0 Å². The fraction of sp³-hybridized carbons (Fsp3) is 0.167. The number of hydrogen-bond donors (Lipinski definition) is 2. The van der Waals surface area contributed by atoms with Crippen LogP contribution in [0.5, 0.6) is 5.88 Å². The molecule has 7 nitrogen and oxygen atoms in total. The van der Waals surface area contributed by atoms with E-state index in [1.807, 2.05) is 0 Å². The van der Waals surface area contributed by atoms with Gasteiger partial charge in [-0.25, -0.2) is 4.98 Å². The molecule has 0 amide bonds. The Morgan fingerprint density at radius 3 is 2.92 bits per heavy atom. The van der Waals surface area contributed by atoms with Gasteiger partial charge in [-0.2, -0.15) is 0 Å². The standard InChI is InChI=1S/C6H8N4O3/c1-13-6-5(10(11)12)2-4(9-7)3-8-6/h2-3,9H,7H2,1H3. The number of nitrogens with one attached hydrogen (secondary N) is 1. The predicted octanol–water partition coefficient (Wildman–Crippen LogP) is 0.284. The number of aromatic nitrogens is 1. The van der Waals surface area contributed by atoms with Crippen LogP contribution < -0.4 is 16.0 Å². The summed E-state index contributed by atoms with van der Waals surface area (Å²) < 4.78 is 4.68. The molecule has 0 aliphatic rings. The van der Waals surface area contributed by atoms with Crippen molar-refractivity contribution >= 4 is 11.4 Å². The van der Waals surface area contributed by atoms with Gasteiger partial charge >= 0.3 is 5.69 Å². The van der Waals surface area contributed by atoms with Crippen LogP contribution in [-0.4, -0.2) is 17.0 Å². The first-order valence-electron chi connectivity index (χ1n) is 3.34. The van der Waals surface area contributed by atoms with Crippen LogP contribution in [0.15, 0.2) is 12.3 Å². The van der Waals surface area contributed by atoms with Gasteiger partial charge in [-0.3, -0.25) is 16.0 Å². The lowest BCUT2D eigenvalue weighted by Gasteiger charge is -2.02. The van der Waals surface area contributed by atoms with Crippen LogP contribution in [0.4, 0.5) is 11.4 Å². The lowest BCUT2D eigenvalue weighted by Crippen LogP contribution is -2.08. The van der Waals surface area contributed by atoms with E-state index in [9.17, 15) is 10.1 Å². The van der Waals surface area contributed by atoms with Crippen molar-refractivity contribution in [3.8, 4) is 5.88 Å². The number of nitrogen functional groups attached to an aromatic ring is 1. The highest BCUT2D eigenvalue weighted by atomic mass is 16.6. The lowest BCUT2D eigenvalue weighted by molar-refractivity contribution is -0.386. The van der Waals surface area contributed by atoms with E-state index in [0.717, 1.165) is 0 Å². The van der Waals surface area contributed by atoms with Gasteiger partial charge in [-0.15, -0.1) is 0 Å². The molecular formula is C6H8N4O3. The topological polar surface area (TPSA) is 103 Å². The summed E-state index contributed by atoms with van der Waals surface area (Å²) in [6.45, 7) is 0. The van der Waals surface area contributed by atoms with Crippen LogP contribution >= 0.6 is 0 Å². The molecule has 0 atom stereocenters. The zero-order chi connectivity index (χ0) is 9.84. The molecule has 13 heavy (non-hydrogen) atoms. The summed E-state index contributed by atoms with van der Waals surface area (Å²) >= 11 is 0. The van der Waals surface area contributed by atoms with Crippen molar-refractivity contribution in [2.45, 2.75) is 0 Å². The van der Waals surface area contributed by atoms with Crippen molar-refractivity contribution in [3.05, 3.63) is 22.4 Å². The van der Waals surface area contributed by atoms with Gasteiger partial charge in [0.05, 0.1) is 23.9 Å². The molecule has 1 aromatic heterocycles. The molecule has 0 aliphatic heterocycles. The molecule has 1 heterocycles. The molecule has 0 bridgehead atoms. The van der Waals surface area contributed by atoms with Gasteiger partial charge in [0, 0.05) is 6.07 Å². The van der Waals surface area contributed by atoms with E-state index in [4.69, 9.17) is 5.84 Å². The fourth-order valence-electron chi connectivity index (χ4n) is 0.808. The van der Waals surface area contributed by atoms with Crippen molar-refractivity contribution in [2.75, 3.05) is 12.5 Å². The van der Waals surface area contributed by atoms with Crippen LogP contribution in [0.2, 0.25) is 0 Å². The van der Waals surface area contributed by atoms with Crippen molar-refractivity contribution in [1.82, 2.24) is 4.98 Å². The maximum Gasteiger partial charge on any atom is 0.333 e. The third-order valence-electron chi connectivity index (χ3n) is 1.39. The maximum absolute atomic E-state index is 10.5. The van der Waals surface area contributed by atoms with Crippen molar-refractivity contribution in [2.24, 2.45) is 5.84 Å². The van der Waals surface area contributed by atoms with Gasteiger partial charge < -0.3 is 10.2 Å². The van der Waals surface area contributed by atoms with Crippen molar-refractivity contribution in [1.29, 1.82) is 0 Å². The molecule has 0 spiro atoms. The minimum absolute atomic E-state index is 0.0380. The number of nitrogens with zero attached hydrogens (tertiary/aromatic N) is 2. The number of methoxy groups -OCH3 is 1. The highest BCUT2D eigenvalue weighted by Crippen LogP contribution is 2.25. The summed E-state index contributed by atoms with van der Waals surface area (Å²) in [7, 11) is 1.31. The molecule has 1 rings (SSSR count). The first-order chi connectivity index (χ1) is 6.19. The molecule has 3 N–H and O–H groups in total. The van der Waals surface area contributed by atoms with Crippen LogP contribution in [-0.2, 0) is 0 Å². The highest BCUT2D eigenvalue weighted by molar-refractivity contribution is 5.53. The molecule has 0 radical (unpaired) electrons. The van der Waals surface area contributed by atoms with Gasteiger partial charge in [-0.05, 0) is 0 Å². The first kappa shape index (κ1) is 9.20. The van der Waals surface area contributed by atoms with Crippen LogP contribution in [0.25, 0.3) is 0 Å². The molecular weight excluding hydrogens is 176 g/mol. The van der Waals surface area contributed by atoms with Crippen LogP contribution in [0.1, 0.15) is 0 Å². The zero-order valence-corrected chi connectivity index (χ0v) is 6.85. The Morgan fingerprint density at radius 2 is 2.46 bits per heavy atom. The van der Waals surface area contributed by atoms with E-state index in [0.29, 0.717) is 5.69 Å². The van der Waals surface area contributed by atoms with Gasteiger partial charge in [0.2, 0.25) is 0 Å². The quantitative estimate of drug-likeness (QED) is 0.397.